The van der Waals surface area contributed by atoms with Crippen molar-refractivity contribution >= 4 is 16.7 Å². The monoisotopic (exact) mass is 539 g/mol. The summed E-state index contributed by atoms with van der Waals surface area (Å²) in [5.41, 5.74) is 0.706. The normalized spacial score (nSPS) is 29.0. The number of benzene rings is 2. The molecule has 0 amide bonds. The molecule has 0 N–H and O–H groups in total. The molecule has 0 radical (unpaired) electrons. The van der Waals surface area contributed by atoms with Gasteiger partial charge in [-0.25, -0.2) is 8.78 Å². The molecule has 3 unspecified atom stereocenters. The zero-order valence-corrected chi connectivity index (χ0v) is 21.6. The van der Waals surface area contributed by atoms with Gasteiger partial charge in [-0.2, -0.15) is 13.2 Å². The van der Waals surface area contributed by atoms with Crippen LogP contribution in [0.4, 0.5) is 22.0 Å². The van der Waals surface area contributed by atoms with Crippen molar-refractivity contribution in [2.45, 2.75) is 95.1 Å². The third kappa shape index (κ3) is 5.23. The van der Waals surface area contributed by atoms with E-state index in [1.54, 1.807) is 12.1 Å². The molecule has 0 aromatic heterocycles. The van der Waals surface area contributed by atoms with E-state index in [2.05, 4.69) is 11.8 Å². The number of halogens is 5. The Bertz CT molecular complexity index is 1150. The second kappa shape index (κ2) is 10.6. The van der Waals surface area contributed by atoms with Crippen LogP contribution in [0.3, 0.4) is 0 Å². The van der Waals surface area contributed by atoms with E-state index >= 15 is 0 Å². The Morgan fingerprint density at radius 1 is 0.974 bits per heavy atom. The minimum absolute atomic E-state index is 0.0248. The van der Waals surface area contributed by atoms with Crippen LogP contribution < -0.4 is 4.74 Å². The van der Waals surface area contributed by atoms with Crippen molar-refractivity contribution < 1.29 is 36.2 Å². The van der Waals surface area contributed by atoms with Crippen LogP contribution in [0.25, 0.3) is 10.8 Å². The highest BCUT2D eigenvalue weighted by atomic mass is 19.4. The van der Waals surface area contributed by atoms with Gasteiger partial charge in [0.25, 0.3) is 6.43 Å². The van der Waals surface area contributed by atoms with Crippen LogP contribution in [0.5, 0.6) is 5.75 Å². The standard InChI is InChI=1S/C29H34F5NO3/c1-16(35-21-8-9-22(35)14-19(13-21)28(36)37-2)18-4-3-17-5-12-25(26(27(30)31)24(17)15-18)38-23-10-6-20(7-11-23)29(32,33)34/h3-5,12,15-16,19-23,27H,6-11,13-14H2,1-2H3. The van der Waals surface area contributed by atoms with E-state index < -0.39 is 24.6 Å². The Kier molecular flexibility index (Phi) is 7.59. The predicted octanol–water partition coefficient (Wildman–Crippen LogP) is 7.75. The second-order valence-electron chi connectivity index (χ2n) is 11.1. The third-order valence-electron chi connectivity index (χ3n) is 8.95. The number of carbonyl (C=O) groups excluding carboxylic acids is 1. The first-order valence-corrected chi connectivity index (χ1v) is 13.5. The van der Waals surface area contributed by atoms with Crippen LogP contribution in [0.1, 0.15) is 81.9 Å². The fraction of sp³-hybridized carbons (Fsp3) is 0.621. The summed E-state index contributed by atoms with van der Waals surface area (Å²) in [6.45, 7) is 2.08. The van der Waals surface area contributed by atoms with E-state index in [1.807, 2.05) is 12.1 Å². The fourth-order valence-electron chi connectivity index (χ4n) is 6.99. The summed E-state index contributed by atoms with van der Waals surface area (Å²) in [4.78, 5) is 14.6. The van der Waals surface area contributed by atoms with Gasteiger partial charge < -0.3 is 9.47 Å². The summed E-state index contributed by atoms with van der Waals surface area (Å²) in [5.74, 6) is -1.58. The average molecular weight is 540 g/mol. The molecule has 3 fully saturated rings. The minimum atomic E-state index is -4.23. The first kappa shape index (κ1) is 27.2. The predicted molar refractivity (Wildman–Crippen MR) is 133 cm³/mol. The van der Waals surface area contributed by atoms with Gasteiger partial charge >= 0.3 is 12.1 Å². The molecule has 38 heavy (non-hydrogen) atoms. The smallest absolute Gasteiger partial charge is 0.391 e. The summed E-state index contributed by atoms with van der Waals surface area (Å²) in [6.07, 6.45) is -3.82. The molecule has 2 aromatic rings. The number of nitrogens with zero attached hydrogens (tertiary/aromatic N) is 1. The number of carbonyl (C=O) groups is 1. The molecule has 208 valence electrons. The van der Waals surface area contributed by atoms with Crippen molar-refractivity contribution in [1.82, 2.24) is 4.90 Å². The molecule has 3 atom stereocenters. The van der Waals surface area contributed by atoms with Gasteiger partial charge in [0.2, 0.25) is 0 Å². The van der Waals surface area contributed by atoms with E-state index in [1.165, 1.54) is 13.2 Å². The zero-order chi connectivity index (χ0) is 27.2. The highest BCUT2D eigenvalue weighted by Gasteiger charge is 2.45. The Morgan fingerprint density at radius 2 is 1.61 bits per heavy atom. The highest BCUT2D eigenvalue weighted by Crippen LogP contribution is 2.45. The molecule has 2 aromatic carbocycles. The van der Waals surface area contributed by atoms with Crippen molar-refractivity contribution in [1.29, 1.82) is 0 Å². The summed E-state index contributed by atoms with van der Waals surface area (Å²) >= 11 is 0. The van der Waals surface area contributed by atoms with Gasteiger partial charge in [-0.15, -0.1) is 0 Å². The molecule has 4 nitrogen and oxygen atoms in total. The maximum atomic E-state index is 14.4. The number of esters is 1. The molecular formula is C29H34F5NO3. The summed E-state index contributed by atoms with van der Waals surface area (Å²) in [7, 11) is 1.42. The maximum absolute atomic E-state index is 14.4. The van der Waals surface area contributed by atoms with Crippen molar-refractivity contribution in [2.24, 2.45) is 11.8 Å². The number of piperidine rings is 1. The van der Waals surface area contributed by atoms with Crippen LogP contribution in [0, 0.1) is 11.8 Å². The highest BCUT2D eigenvalue weighted by molar-refractivity contribution is 5.88. The number of alkyl halides is 5. The molecular weight excluding hydrogens is 505 g/mol. The van der Waals surface area contributed by atoms with E-state index in [0.29, 0.717) is 10.8 Å². The lowest BCUT2D eigenvalue weighted by molar-refractivity contribution is -0.185. The Labute approximate surface area is 219 Å². The second-order valence-corrected chi connectivity index (χ2v) is 11.1. The molecule has 1 aliphatic carbocycles. The summed E-state index contributed by atoms with van der Waals surface area (Å²) < 4.78 is 78.8. The molecule has 2 heterocycles. The van der Waals surface area contributed by atoms with E-state index in [0.717, 1.165) is 31.2 Å². The van der Waals surface area contributed by atoms with E-state index in [9.17, 15) is 26.7 Å². The van der Waals surface area contributed by atoms with Gasteiger partial charge in [0.05, 0.1) is 30.6 Å². The minimum Gasteiger partial charge on any atom is -0.490 e. The number of ether oxygens (including phenoxy) is 2. The SMILES string of the molecule is COC(=O)C1CC2CCC(C1)N2C(C)c1ccc2ccc(OC3CCC(C(F)(F)F)CC3)c(C(F)F)c2c1. The topological polar surface area (TPSA) is 38.8 Å². The molecule has 3 aliphatic rings. The lowest BCUT2D eigenvalue weighted by atomic mass is 9.87. The van der Waals surface area contributed by atoms with Crippen molar-refractivity contribution in [3.05, 3.63) is 41.5 Å². The molecule has 2 saturated heterocycles. The number of rotatable bonds is 6. The average Bonchev–Trinajstić information content (AvgIpc) is 3.15. The van der Waals surface area contributed by atoms with Gasteiger partial charge in [-0.3, -0.25) is 9.69 Å². The van der Waals surface area contributed by atoms with Crippen LogP contribution >= 0.6 is 0 Å². The largest absolute Gasteiger partial charge is 0.490 e. The van der Waals surface area contributed by atoms with Gasteiger partial charge in [0, 0.05) is 18.1 Å². The van der Waals surface area contributed by atoms with E-state index in [-0.39, 0.29) is 67.0 Å². The molecule has 1 saturated carbocycles. The summed E-state index contributed by atoms with van der Waals surface area (Å²) in [5, 5.41) is 1.07. The lowest BCUT2D eigenvalue weighted by Crippen LogP contribution is -2.46. The summed E-state index contributed by atoms with van der Waals surface area (Å²) in [6, 6.07) is 9.31. The molecule has 5 rings (SSSR count). The van der Waals surface area contributed by atoms with Crippen molar-refractivity contribution in [3.8, 4) is 5.75 Å². The molecule has 9 heteroatoms. The Hall–Kier alpha value is -2.42. The third-order valence-corrected chi connectivity index (χ3v) is 8.95. The molecule has 2 aliphatic heterocycles. The molecule has 2 bridgehead atoms. The van der Waals surface area contributed by atoms with Crippen LogP contribution in [-0.4, -0.2) is 42.3 Å². The first-order valence-electron chi connectivity index (χ1n) is 13.5. The van der Waals surface area contributed by atoms with Gasteiger partial charge in [-0.1, -0.05) is 18.2 Å². The van der Waals surface area contributed by atoms with Crippen LogP contribution in [0.2, 0.25) is 0 Å². The maximum Gasteiger partial charge on any atom is 0.391 e. The van der Waals surface area contributed by atoms with Gasteiger partial charge in [0.15, 0.2) is 0 Å². The van der Waals surface area contributed by atoms with Crippen molar-refractivity contribution in [2.75, 3.05) is 7.11 Å². The number of hydrogen-bond donors (Lipinski definition) is 0. The van der Waals surface area contributed by atoms with E-state index in [4.69, 9.17) is 9.47 Å². The fourth-order valence-corrected chi connectivity index (χ4v) is 6.99. The Balaban J connectivity index is 1.38. The first-order chi connectivity index (χ1) is 18.1. The number of methoxy groups -OCH3 is 1. The number of fused-ring (bicyclic) bond motifs is 3. The quantitative estimate of drug-likeness (QED) is 0.278. The Morgan fingerprint density at radius 3 is 2.18 bits per heavy atom. The van der Waals surface area contributed by atoms with Crippen LogP contribution in [0.15, 0.2) is 30.3 Å². The lowest BCUT2D eigenvalue weighted by Gasteiger charge is -2.42. The molecule has 0 spiro atoms. The van der Waals surface area contributed by atoms with Crippen LogP contribution in [-0.2, 0) is 9.53 Å². The van der Waals surface area contributed by atoms with Crippen molar-refractivity contribution in [3.63, 3.8) is 0 Å². The van der Waals surface area contributed by atoms with Gasteiger partial charge in [-0.05, 0) is 86.8 Å². The number of hydrogen-bond acceptors (Lipinski definition) is 4. The van der Waals surface area contributed by atoms with Gasteiger partial charge in [0.1, 0.15) is 5.75 Å². The zero-order valence-electron chi connectivity index (χ0n) is 21.6.